The Morgan fingerprint density at radius 3 is 2.79 bits per heavy atom. The van der Waals surface area contributed by atoms with Crippen molar-refractivity contribution >= 4 is 28.6 Å². The molecule has 2 N–H and O–H groups in total. The topological polar surface area (TPSA) is 79.4 Å². The number of thiazole rings is 1. The second-order valence-corrected chi connectivity index (χ2v) is 7.27. The van der Waals surface area contributed by atoms with Crippen molar-refractivity contribution in [2.75, 3.05) is 6.61 Å². The number of rotatable bonds is 5. The van der Waals surface area contributed by atoms with E-state index < -0.39 is 0 Å². The van der Waals surface area contributed by atoms with Crippen molar-refractivity contribution < 1.29 is 14.6 Å². The third kappa shape index (κ3) is 3.58. The fourth-order valence-corrected chi connectivity index (χ4v) is 4.13. The molecule has 2 heterocycles. The fraction of sp³-hybridized carbons (Fsp3) is 0.176. The third-order valence-electron chi connectivity index (χ3n) is 3.36. The van der Waals surface area contributed by atoms with Crippen LogP contribution < -0.4 is 4.87 Å². The highest BCUT2D eigenvalue weighted by Gasteiger charge is 2.12. The van der Waals surface area contributed by atoms with Crippen molar-refractivity contribution in [2.24, 2.45) is 0 Å². The van der Waals surface area contributed by atoms with E-state index in [9.17, 15) is 14.7 Å². The van der Waals surface area contributed by atoms with Crippen molar-refractivity contribution in [3.63, 3.8) is 0 Å². The first-order valence-corrected chi connectivity index (χ1v) is 8.97. The van der Waals surface area contributed by atoms with E-state index in [0.717, 1.165) is 26.7 Å². The number of ether oxygens (including phenoxy) is 1. The van der Waals surface area contributed by atoms with E-state index in [1.807, 2.05) is 24.3 Å². The van der Waals surface area contributed by atoms with E-state index in [2.05, 4.69) is 4.98 Å². The first-order valence-electron chi connectivity index (χ1n) is 7.34. The molecule has 1 aromatic carbocycles. The number of hydrogen-bond acceptors (Lipinski definition) is 6. The minimum Gasteiger partial charge on any atom is -0.494 e. The highest BCUT2D eigenvalue weighted by molar-refractivity contribution is 7.15. The second-order valence-electron chi connectivity index (χ2n) is 5.03. The zero-order chi connectivity index (χ0) is 17.1. The quantitative estimate of drug-likeness (QED) is 0.680. The smallest absolute Gasteiger partial charge is 0.338 e. The Labute approximate surface area is 146 Å². The average molecular weight is 361 g/mol. The lowest BCUT2D eigenvalue weighted by Gasteiger charge is -2.03. The molecule has 0 aliphatic rings. The van der Waals surface area contributed by atoms with Crippen LogP contribution in [0.25, 0.3) is 10.4 Å². The third-order valence-corrected chi connectivity index (χ3v) is 5.36. The van der Waals surface area contributed by atoms with Crippen molar-refractivity contribution in [2.45, 2.75) is 13.3 Å². The van der Waals surface area contributed by atoms with Crippen molar-refractivity contribution in [3.8, 4) is 16.3 Å². The summed E-state index contributed by atoms with van der Waals surface area (Å²) in [6.45, 7) is 2.12. The number of thiophene rings is 1. The summed E-state index contributed by atoms with van der Waals surface area (Å²) in [5.74, 6) is -0.401. The molecule has 0 bridgehead atoms. The standard InChI is InChI=1S/C17H15NO4S2/c1-2-22-16(20)11-5-3-4-10(8-11)13-7-6-12(23-13)9-14-15(19)18-17(21)24-14/h3-8,19H,2,9H2,1H3,(H,18,21). The summed E-state index contributed by atoms with van der Waals surface area (Å²) in [5, 5.41) is 9.67. The number of hydrogen-bond donors (Lipinski definition) is 2. The lowest BCUT2D eigenvalue weighted by molar-refractivity contribution is 0.0526. The van der Waals surface area contributed by atoms with Gasteiger partial charge in [0.05, 0.1) is 17.0 Å². The molecule has 24 heavy (non-hydrogen) atoms. The predicted octanol–water partition coefficient (Wildman–Crippen LogP) is 3.64. The Hall–Kier alpha value is -2.38. The zero-order valence-corrected chi connectivity index (χ0v) is 14.5. The summed E-state index contributed by atoms with van der Waals surface area (Å²) in [6.07, 6.45) is 0.497. The molecule has 0 atom stereocenters. The van der Waals surface area contributed by atoms with Crippen molar-refractivity contribution in [3.05, 3.63) is 61.4 Å². The number of aromatic amines is 1. The Bertz CT molecular complexity index is 923. The minimum atomic E-state index is -0.335. The molecule has 0 aliphatic heterocycles. The Morgan fingerprint density at radius 2 is 2.08 bits per heavy atom. The van der Waals surface area contributed by atoms with Gasteiger partial charge in [0.2, 0.25) is 5.88 Å². The molecule has 3 rings (SSSR count). The molecule has 5 nitrogen and oxygen atoms in total. The first kappa shape index (κ1) is 16.5. The molecule has 3 aromatic rings. The van der Waals surface area contributed by atoms with Gasteiger partial charge in [0, 0.05) is 16.2 Å². The molecule has 0 saturated carbocycles. The number of carbonyl (C=O) groups excluding carboxylic acids is 1. The van der Waals surface area contributed by atoms with Crippen LogP contribution >= 0.6 is 22.7 Å². The van der Waals surface area contributed by atoms with Gasteiger partial charge in [0.25, 0.3) is 0 Å². The molecule has 124 valence electrons. The Balaban J connectivity index is 1.83. The monoisotopic (exact) mass is 361 g/mol. The molecular formula is C17H15NO4S2. The number of nitrogens with one attached hydrogen (secondary N) is 1. The SMILES string of the molecule is CCOC(=O)c1cccc(-c2ccc(Cc3sc(=O)[nH]c3O)s2)c1. The van der Waals surface area contributed by atoms with E-state index in [-0.39, 0.29) is 16.7 Å². The number of H-pyrrole nitrogens is 1. The summed E-state index contributed by atoms with van der Waals surface area (Å²) in [6, 6.07) is 11.2. The summed E-state index contributed by atoms with van der Waals surface area (Å²) in [5.41, 5.74) is 1.45. The molecule has 0 saturated heterocycles. The van der Waals surface area contributed by atoms with E-state index in [0.29, 0.717) is 23.5 Å². The van der Waals surface area contributed by atoms with E-state index in [1.54, 1.807) is 30.4 Å². The molecule has 0 radical (unpaired) electrons. The number of benzene rings is 1. The number of aromatic nitrogens is 1. The van der Waals surface area contributed by atoms with Crippen LogP contribution in [0.15, 0.2) is 41.2 Å². The molecule has 0 spiro atoms. The fourth-order valence-electron chi connectivity index (χ4n) is 2.27. The summed E-state index contributed by atoms with van der Waals surface area (Å²) < 4.78 is 5.02. The highest BCUT2D eigenvalue weighted by Crippen LogP contribution is 2.31. The normalized spacial score (nSPS) is 10.7. The number of esters is 1. The molecule has 0 unspecified atom stereocenters. The lowest BCUT2D eigenvalue weighted by atomic mass is 10.1. The van der Waals surface area contributed by atoms with E-state index >= 15 is 0 Å². The molecule has 0 fully saturated rings. The zero-order valence-electron chi connectivity index (χ0n) is 12.9. The molecular weight excluding hydrogens is 346 g/mol. The van der Waals surface area contributed by atoms with Crippen LogP contribution in [0.1, 0.15) is 27.0 Å². The van der Waals surface area contributed by atoms with Crippen LogP contribution in [0, 0.1) is 0 Å². The van der Waals surface area contributed by atoms with Crippen molar-refractivity contribution in [1.82, 2.24) is 4.98 Å². The lowest BCUT2D eigenvalue weighted by Crippen LogP contribution is -2.04. The minimum absolute atomic E-state index is 0.0655. The predicted molar refractivity (Wildman–Crippen MR) is 95.1 cm³/mol. The van der Waals surface area contributed by atoms with Gasteiger partial charge in [-0.25, -0.2) is 4.79 Å². The van der Waals surface area contributed by atoms with Crippen LogP contribution in [-0.4, -0.2) is 22.7 Å². The molecule has 2 aromatic heterocycles. The maximum atomic E-state index is 11.8. The maximum Gasteiger partial charge on any atom is 0.338 e. The van der Waals surface area contributed by atoms with Gasteiger partial charge < -0.3 is 9.84 Å². The van der Waals surface area contributed by atoms with Gasteiger partial charge in [0.15, 0.2) is 0 Å². The van der Waals surface area contributed by atoms with Crippen LogP contribution in [0.3, 0.4) is 0 Å². The van der Waals surface area contributed by atoms with Crippen LogP contribution in [0.5, 0.6) is 5.88 Å². The van der Waals surface area contributed by atoms with Crippen molar-refractivity contribution in [1.29, 1.82) is 0 Å². The van der Waals surface area contributed by atoms with Gasteiger partial charge in [-0.3, -0.25) is 9.78 Å². The molecule has 0 amide bonds. The van der Waals surface area contributed by atoms with Gasteiger partial charge >= 0.3 is 10.8 Å². The van der Waals surface area contributed by atoms with Gasteiger partial charge in [-0.05, 0) is 36.8 Å². The average Bonchev–Trinajstić information content (AvgIpc) is 3.15. The second kappa shape index (κ2) is 7.02. The van der Waals surface area contributed by atoms with Gasteiger partial charge in [-0.15, -0.1) is 11.3 Å². The van der Waals surface area contributed by atoms with Crippen LogP contribution in [-0.2, 0) is 11.2 Å². The number of carbonyl (C=O) groups is 1. The highest BCUT2D eigenvalue weighted by atomic mass is 32.1. The number of aromatic hydroxyl groups is 1. The molecule has 0 aliphatic carbocycles. The van der Waals surface area contributed by atoms with Crippen LogP contribution in [0.2, 0.25) is 0 Å². The van der Waals surface area contributed by atoms with Crippen LogP contribution in [0.4, 0.5) is 0 Å². The summed E-state index contributed by atoms with van der Waals surface area (Å²) in [4.78, 5) is 27.8. The van der Waals surface area contributed by atoms with Gasteiger partial charge in [0.1, 0.15) is 0 Å². The first-order chi connectivity index (χ1) is 11.6. The van der Waals surface area contributed by atoms with E-state index in [4.69, 9.17) is 4.74 Å². The van der Waals surface area contributed by atoms with Gasteiger partial charge in [-0.2, -0.15) is 0 Å². The Morgan fingerprint density at radius 1 is 1.25 bits per heavy atom. The largest absolute Gasteiger partial charge is 0.494 e. The maximum absolute atomic E-state index is 11.8. The van der Waals surface area contributed by atoms with E-state index in [1.165, 1.54) is 0 Å². The van der Waals surface area contributed by atoms with Gasteiger partial charge in [-0.1, -0.05) is 23.5 Å². The Kier molecular flexibility index (Phi) is 4.82. The summed E-state index contributed by atoms with van der Waals surface area (Å²) >= 11 is 2.57. The summed E-state index contributed by atoms with van der Waals surface area (Å²) in [7, 11) is 0. The molecule has 7 heteroatoms.